The molecule has 2 aliphatic rings. The largest absolute Gasteiger partial charge is 0.353 e. The van der Waals surface area contributed by atoms with Gasteiger partial charge in [-0.05, 0) is 31.0 Å². The van der Waals surface area contributed by atoms with Crippen molar-refractivity contribution >= 4 is 34.2 Å². The zero-order valence-electron chi connectivity index (χ0n) is 17.3. The molecule has 2 aromatic rings. The van der Waals surface area contributed by atoms with Crippen molar-refractivity contribution in [2.24, 2.45) is 0 Å². The number of anilines is 1. The summed E-state index contributed by atoms with van der Waals surface area (Å²) >= 11 is 6.22. The lowest BCUT2D eigenvalue weighted by atomic mass is 10.1. The Morgan fingerprint density at radius 3 is 2.52 bits per heavy atom. The van der Waals surface area contributed by atoms with Crippen LogP contribution in [0.5, 0.6) is 0 Å². The number of hydrogen-bond acceptors (Lipinski definition) is 4. The molecule has 1 N–H and O–H groups in total. The van der Waals surface area contributed by atoms with Crippen LogP contribution in [0.25, 0.3) is 10.9 Å². The van der Waals surface area contributed by atoms with Crippen molar-refractivity contribution in [1.29, 1.82) is 0 Å². The molecule has 6 heteroatoms. The second-order valence-electron chi connectivity index (χ2n) is 8.37. The molecule has 0 bridgehead atoms. The maximum absolute atomic E-state index is 11.7. The Morgan fingerprint density at radius 1 is 1.10 bits per heavy atom. The molecule has 1 aliphatic carbocycles. The SMILES string of the molecule is CC(=O)N1CCN(c2nc3cc(Cl)ccc3cc2CNC2CCCCCC2)CC1. The van der Waals surface area contributed by atoms with Gasteiger partial charge in [0.1, 0.15) is 5.82 Å². The molecule has 0 unspecified atom stereocenters. The average molecular weight is 415 g/mol. The molecule has 5 nitrogen and oxygen atoms in total. The lowest BCUT2D eigenvalue weighted by Crippen LogP contribution is -2.48. The minimum Gasteiger partial charge on any atom is -0.353 e. The molecule has 1 amide bonds. The maximum Gasteiger partial charge on any atom is 0.219 e. The molecule has 0 spiro atoms. The monoisotopic (exact) mass is 414 g/mol. The van der Waals surface area contributed by atoms with Gasteiger partial charge in [0.25, 0.3) is 0 Å². The molecular formula is C23H31ClN4O. The van der Waals surface area contributed by atoms with Crippen molar-refractivity contribution in [3.8, 4) is 0 Å². The van der Waals surface area contributed by atoms with Crippen LogP contribution in [0.2, 0.25) is 5.02 Å². The van der Waals surface area contributed by atoms with E-state index < -0.39 is 0 Å². The molecule has 1 aliphatic heterocycles. The zero-order chi connectivity index (χ0) is 20.2. The third-order valence-corrected chi connectivity index (χ3v) is 6.53. The van der Waals surface area contributed by atoms with Gasteiger partial charge in [-0.1, -0.05) is 43.4 Å². The molecule has 0 radical (unpaired) electrons. The first-order valence-electron chi connectivity index (χ1n) is 10.9. The van der Waals surface area contributed by atoms with Gasteiger partial charge in [-0.15, -0.1) is 0 Å². The van der Waals surface area contributed by atoms with Gasteiger partial charge in [0, 0.05) is 61.7 Å². The molecule has 1 saturated heterocycles. The number of carbonyl (C=O) groups excluding carboxylic acids is 1. The first-order valence-corrected chi connectivity index (χ1v) is 11.3. The molecule has 0 atom stereocenters. The zero-order valence-corrected chi connectivity index (χ0v) is 18.0. The molecule has 1 saturated carbocycles. The Morgan fingerprint density at radius 2 is 1.83 bits per heavy atom. The topological polar surface area (TPSA) is 48.5 Å². The Kier molecular flexibility index (Phi) is 6.56. The van der Waals surface area contributed by atoms with Crippen LogP contribution in [0, 0.1) is 0 Å². The van der Waals surface area contributed by atoms with Gasteiger partial charge in [0.2, 0.25) is 5.91 Å². The lowest BCUT2D eigenvalue weighted by molar-refractivity contribution is -0.129. The van der Waals surface area contributed by atoms with Crippen molar-refractivity contribution in [1.82, 2.24) is 15.2 Å². The minimum absolute atomic E-state index is 0.151. The standard InChI is InChI=1S/C23H31ClN4O/c1-17(29)27-10-12-28(13-11-27)23-19(16-25-21-6-4-2-3-5-7-21)14-18-8-9-20(24)15-22(18)26-23/h8-9,14-15,21,25H,2-7,10-13,16H2,1H3. The quantitative estimate of drug-likeness (QED) is 0.754. The molecule has 1 aromatic carbocycles. The van der Waals surface area contributed by atoms with Crippen molar-refractivity contribution in [3.05, 3.63) is 34.9 Å². The van der Waals surface area contributed by atoms with Gasteiger partial charge in [0.05, 0.1) is 5.52 Å². The lowest BCUT2D eigenvalue weighted by Gasteiger charge is -2.36. The summed E-state index contributed by atoms with van der Waals surface area (Å²) < 4.78 is 0. The van der Waals surface area contributed by atoms with Gasteiger partial charge in [0.15, 0.2) is 0 Å². The minimum atomic E-state index is 0.151. The van der Waals surface area contributed by atoms with E-state index in [4.69, 9.17) is 16.6 Å². The van der Waals surface area contributed by atoms with Crippen molar-refractivity contribution in [2.75, 3.05) is 31.1 Å². The summed E-state index contributed by atoms with van der Waals surface area (Å²) in [6.45, 7) is 5.61. The fourth-order valence-electron chi connectivity index (χ4n) is 4.55. The number of amides is 1. The summed E-state index contributed by atoms with van der Waals surface area (Å²) in [5, 5.41) is 5.64. The van der Waals surface area contributed by atoms with Crippen molar-refractivity contribution in [2.45, 2.75) is 58.0 Å². The van der Waals surface area contributed by atoms with E-state index in [0.717, 1.165) is 49.4 Å². The normalized spacial score (nSPS) is 18.8. The van der Waals surface area contributed by atoms with Gasteiger partial charge >= 0.3 is 0 Å². The Bertz CT molecular complexity index is 855. The number of hydrogen-bond donors (Lipinski definition) is 1. The fourth-order valence-corrected chi connectivity index (χ4v) is 4.72. The summed E-state index contributed by atoms with van der Waals surface area (Å²) in [5.74, 6) is 1.18. The third-order valence-electron chi connectivity index (χ3n) is 6.30. The van der Waals surface area contributed by atoms with Crippen LogP contribution in [0.1, 0.15) is 51.0 Å². The highest BCUT2D eigenvalue weighted by Gasteiger charge is 2.22. The molecule has 2 heterocycles. The van der Waals surface area contributed by atoms with Crippen LogP contribution < -0.4 is 10.2 Å². The predicted octanol–water partition coefficient (Wildman–Crippen LogP) is 4.37. The number of carbonyl (C=O) groups is 1. The van der Waals surface area contributed by atoms with Gasteiger partial charge < -0.3 is 15.1 Å². The van der Waals surface area contributed by atoms with Gasteiger partial charge in [-0.3, -0.25) is 4.79 Å². The molecular weight excluding hydrogens is 384 g/mol. The highest BCUT2D eigenvalue weighted by Crippen LogP contribution is 2.27. The van der Waals surface area contributed by atoms with Crippen LogP contribution >= 0.6 is 11.6 Å². The summed E-state index contributed by atoms with van der Waals surface area (Å²) in [6.07, 6.45) is 7.91. The molecule has 1 aromatic heterocycles. The first-order chi connectivity index (χ1) is 14.1. The summed E-state index contributed by atoms with van der Waals surface area (Å²) in [6, 6.07) is 8.78. The van der Waals surface area contributed by atoms with Crippen LogP contribution in [0.3, 0.4) is 0 Å². The van der Waals surface area contributed by atoms with E-state index in [9.17, 15) is 4.79 Å². The van der Waals surface area contributed by atoms with E-state index >= 15 is 0 Å². The third kappa shape index (κ3) is 5.01. The number of benzene rings is 1. The van der Waals surface area contributed by atoms with Crippen molar-refractivity contribution in [3.63, 3.8) is 0 Å². The Balaban J connectivity index is 1.58. The van der Waals surface area contributed by atoms with E-state index in [1.54, 1.807) is 6.92 Å². The number of rotatable bonds is 4. The summed E-state index contributed by atoms with van der Waals surface area (Å²) in [5.41, 5.74) is 2.17. The maximum atomic E-state index is 11.7. The summed E-state index contributed by atoms with van der Waals surface area (Å²) in [4.78, 5) is 20.9. The average Bonchev–Trinajstić information content (AvgIpc) is 3.00. The Labute approximate surface area is 178 Å². The molecule has 2 fully saturated rings. The van der Waals surface area contributed by atoms with E-state index in [2.05, 4.69) is 22.3 Å². The number of fused-ring (bicyclic) bond motifs is 1. The van der Waals surface area contributed by atoms with Crippen LogP contribution in [0.4, 0.5) is 5.82 Å². The van der Waals surface area contributed by atoms with E-state index in [-0.39, 0.29) is 5.91 Å². The van der Waals surface area contributed by atoms with E-state index in [1.165, 1.54) is 44.1 Å². The molecule has 29 heavy (non-hydrogen) atoms. The molecule has 4 rings (SSSR count). The van der Waals surface area contributed by atoms with E-state index in [0.29, 0.717) is 11.1 Å². The van der Waals surface area contributed by atoms with Gasteiger partial charge in [-0.2, -0.15) is 0 Å². The second-order valence-corrected chi connectivity index (χ2v) is 8.81. The van der Waals surface area contributed by atoms with E-state index in [1.807, 2.05) is 17.0 Å². The number of nitrogens with one attached hydrogen (secondary N) is 1. The number of pyridine rings is 1. The number of aromatic nitrogens is 1. The number of piperazine rings is 1. The smallest absolute Gasteiger partial charge is 0.219 e. The number of halogens is 1. The van der Waals surface area contributed by atoms with Crippen LogP contribution in [-0.4, -0.2) is 48.0 Å². The summed E-state index contributed by atoms with van der Waals surface area (Å²) in [7, 11) is 0. The van der Waals surface area contributed by atoms with Gasteiger partial charge in [-0.25, -0.2) is 4.98 Å². The van der Waals surface area contributed by atoms with Crippen molar-refractivity contribution < 1.29 is 4.79 Å². The highest BCUT2D eigenvalue weighted by atomic mass is 35.5. The molecule has 156 valence electrons. The van der Waals surface area contributed by atoms with Crippen LogP contribution in [0.15, 0.2) is 24.3 Å². The Hall–Kier alpha value is -1.85. The predicted molar refractivity (Wildman–Crippen MR) is 120 cm³/mol. The fraction of sp³-hybridized carbons (Fsp3) is 0.565. The highest BCUT2D eigenvalue weighted by molar-refractivity contribution is 6.31. The number of nitrogens with zero attached hydrogens (tertiary/aromatic N) is 3. The first kappa shape index (κ1) is 20.4. The van der Waals surface area contributed by atoms with Crippen LogP contribution in [-0.2, 0) is 11.3 Å². The second kappa shape index (κ2) is 9.31.